The summed E-state index contributed by atoms with van der Waals surface area (Å²) in [4.78, 5) is 15.0. The predicted molar refractivity (Wildman–Crippen MR) is 83.7 cm³/mol. The van der Waals surface area contributed by atoms with Crippen LogP contribution in [0.15, 0.2) is 48.9 Å². The molecule has 0 aliphatic carbocycles. The highest BCUT2D eigenvalue weighted by Gasteiger charge is 2.30. The summed E-state index contributed by atoms with van der Waals surface area (Å²) in [5.41, 5.74) is 2.30. The lowest BCUT2D eigenvalue weighted by molar-refractivity contribution is 0.518. The number of anilines is 1. The smallest absolute Gasteiger partial charge is 0.171 e. The molecule has 1 saturated heterocycles. The molecule has 1 aliphatic heterocycles. The van der Waals surface area contributed by atoms with E-state index >= 15 is 0 Å². The molecule has 5 heteroatoms. The maximum absolute atomic E-state index is 6.08. The van der Waals surface area contributed by atoms with E-state index < -0.39 is 0 Å². The minimum absolute atomic E-state index is 0.465. The largest absolute Gasteiger partial charge is 0.353 e. The lowest BCUT2D eigenvalue weighted by Gasteiger charge is -2.40. The van der Waals surface area contributed by atoms with Crippen LogP contribution in [0.25, 0.3) is 10.9 Å². The molecule has 3 aromatic rings. The van der Waals surface area contributed by atoms with E-state index in [4.69, 9.17) is 11.6 Å². The summed E-state index contributed by atoms with van der Waals surface area (Å²) in [6.07, 6.45) is 5.26. The number of para-hydroxylation sites is 1. The van der Waals surface area contributed by atoms with Gasteiger partial charge < -0.3 is 4.90 Å². The average Bonchev–Trinajstić information content (AvgIpc) is 2.47. The lowest BCUT2D eigenvalue weighted by atomic mass is 9.92. The second kappa shape index (κ2) is 4.97. The molecule has 0 spiro atoms. The molecule has 4 nitrogen and oxygen atoms in total. The zero-order chi connectivity index (χ0) is 14.2. The summed E-state index contributed by atoms with van der Waals surface area (Å²) < 4.78 is 0. The van der Waals surface area contributed by atoms with E-state index in [9.17, 15) is 0 Å². The topological polar surface area (TPSA) is 41.9 Å². The van der Waals surface area contributed by atoms with Crippen LogP contribution in [0, 0.1) is 0 Å². The molecule has 0 bridgehead atoms. The van der Waals surface area contributed by atoms with Crippen molar-refractivity contribution in [3.63, 3.8) is 0 Å². The van der Waals surface area contributed by atoms with Gasteiger partial charge in [0.15, 0.2) is 11.0 Å². The van der Waals surface area contributed by atoms with Crippen molar-refractivity contribution in [3.05, 3.63) is 59.6 Å². The number of rotatable bonds is 2. The number of benzene rings is 1. The highest BCUT2D eigenvalue weighted by molar-refractivity contribution is 6.31. The van der Waals surface area contributed by atoms with Gasteiger partial charge in [-0.2, -0.15) is 0 Å². The molecule has 2 aromatic heterocycles. The normalized spacial score (nSPS) is 15.2. The number of fused-ring (bicyclic) bond motifs is 1. The fourth-order valence-electron chi connectivity index (χ4n) is 2.70. The van der Waals surface area contributed by atoms with Crippen LogP contribution in [0.4, 0.5) is 5.82 Å². The third kappa shape index (κ3) is 2.21. The van der Waals surface area contributed by atoms with Gasteiger partial charge in [0.1, 0.15) is 0 Å². The third-order valence-electron chi connectivity index (χ3n) is 3.90. The summed E-state index contributed by atoms with van der Waals surface area (Å²) in [6, 6.07) is 10.4. The number of nitrogens with zero attached hydrogens (tertiary/aromatic N) is 4. The Labute approximate surface area is 127 Å². The van der Waals surface area contributed by atoms with Crippen molar-refractivity contribution in [2.75, 3.05) is 18.0 Å². The van der Waals surface area contributed by atoms with Crippen molar-refractivity contribution in [2.45, 2.75) is 5.92 Å². The Hall–Kier alpha value is -2.20. The van der Waals surface area contributed by atoms with E-state index in [0.717, 1.165) is 24.4 Å². The number of aromatic nitrogens is 3. The van der Waals surface area contributed by atoms with Crippen molar-refractivity contribution in [2.24, 2.45) is 0 Å². The Morgan fingerprint density at radius 2 is 1.86 bits per heavy atom. The summed E-state index contributed by atoms with van der Waals surface area (Å²) >= 11 is 6.08. The first-order chi connectivity index (χ1) is 10.3. The number of hydrogen-bond donors (Lipinski definition) is 0. The van der Waals surface area contributed by atoms with Crippen molar-refractivity contribution in [3.8, 4) is 0 Å². The SMILES string of the molecule is Clc1nccnc1N1CC(c2cnc3ccccc3c2)C1. The first-order valence-electron chi connectivity index (χ1n) is 6.87. The Kier molecular flexibility index (Phi) is 2.97. The van der Waals surface area contributed by atoms with Crippen LogP contribution < -0.4 is 4.90 Å². The van der Waals surface area contributed by atoms with Gasteiger partial charge in [-0.25, -0.2) is 9.97 Å². The minimum Gasteiger partial charge on any atom is -0.353 e. The highest BCUT2D eigenvalue weighted by atomic mass is 35.5. The van der Waals surface area contributed by atoms with Gasteiger partial charge in [0.05, 0.1) is 5.52 Å². The van der Waals surface area contributed by atoms with Crippen molar-refractivity contribution < 1.29 is 0 Å². The Morgan fingerprint density at radius 1 is 1.05 bits per heavy atom. The van der Waals surface area contributed by atoms with E-state index in [2.05, 4.69) is 32.0 Å². The quantitative estimate of drug-likeness (QED) is 0.728. The second-order valence-corrected chi connectivity index (χ2v) is 5.59. The summed E-state index contributed by atoms with van der Waals surface area (Å²) in [5, 5.41) is 1.65. The Bertz CT molecular complexity index is 799. The Balaban J connectivity index is 1.55. The zero-order valence-electron chi connectivity index (χ0n) is 11.3. The number of pyridine rings is 1. The molecule has 1 aliphatic rings. The summed E-state index contributed by atoms with van der Waals surface area (Å²) in [6.45, 7) is 1.80. The van der Waals surface area contributed by atoms with E-state index in [-0.39, 0.29) is 0 Å². The molecular formula is C16H13ClN4. The second-order valence-electron chi connectivity index (χ2n) is 5.23. The van der Waals surface area contributed by atoms with E-state index in [1.807, 2.05) is 24.4 Å². The van der Waals surface area contributed by atoms with Gasteiger partial charge in [0.2, 0.25) is 0 Å². The number of hydrogen-bond acceptors (Lipinski definition) is 4. The molecule has 1 aromatic carbocycles. The van der Waals surface area contributed by atoms with Gasteiger partial charge in [-0.05, 0) is 17.7 Å². The molecule has 4 rings (SSSR count). The van der Waals surface area contributed by atoms with Gasteiger partial charge in [-0.3, -0.25) is 4.98 Å². The molecule has 0 amide bonds. The van der Waals surface area contributed by atoms with Gasteiger partial charge in [-0.1, -0.05) is 29.8 Å². The molecule has 0 unspecified atom stereocenters. The first kappa shape index (κ1) is 12.5. The third-order valence-corrected chi connectivity index (χ3v) is 4.17. The zero-order valence-corrected chi connectivity index (χ0v) is 12.0. The van der Waals surface area contributed by atoms with Gasteiger partial charge in [-0.15, -0.1) is 0 Å². The standard InChI is InChI=1S/C16H13ClN4/c17-15-16(19-6-5-18-15)21-9-13(10-21)12-7-11-3-1-2-4-14(11)20-8-12/h1-8,13H,9-10H2. The van der Waals surface area contributed by atoms with Crippen molar-refractivity contribution in [1.82, 2.24) is 15.0 Å². The molecule has 1 fully saturated rings. The molecule has 0 N–H and O–H groups in total. The van der Waals surface area contributed by atoms with Crippen molar-refractivity contribution in [1.29, 1.82) is 0 Å². The highest BCUT2D eigenvalue weighted by Crippen LogP contribution is 2.33. The maximum Gasteiger partial charge on any atom is 0.171 e. The van der Waals surface area contributed by atoms with Crippen LogP contribution >= 0.6 is 11.6 Å². The molecular weight excluding hydrogens is 284 g/mol. The van der Waals surface area contributed by atoms with Crippen LogP contribution in [-0.2, 0) is 0 Å². The van der Waals surface area contributed by atoms with Gasteiger partial charge >= 0.3 is 0 Å². The molecule has 0 radical (unpaired) electrons. The minimum atomic E-state index is 0.465. The van der Waals surface area contributed by atoms with Crippen LogP contribution in [0.2, 0.25) is 5.15 Å². The maximum atomic E-state index is 6.08. The van der Waals surface area contributed by atoms with Crippen molar-refractivity contribution >= 4 is 28.3 Å². The van der Waals surface area contributed by atoms with E-state index in [0.29, 0.717) is 11.1 Å². The molecule has 21 heavy (non-hydrogen) atoms. The number of halogens is 1. The van der Waals surface area contributed by atoms with E-state index in [1.165, 1.54) is 10.9 Å². The predicted octanol–water partition coefficient (Wildman–Crippen LogP) is 3.28. The van der Waals surface area contributed by atoms with E-state index in [1.54, 1.807) is 12.4 Å². The summed E-state index contributed by atoms with van der Waals surface area (Å²) in [7, 11) is 0. The van der Waals surface area contributed by atoms with Crippen LogP contribution in [0.1, 0.15) is 11.5 Å². The van der Waals surface area contributed by atoms with Crippen LogP contribution in [-0.4, -0.2) is 28.0 Å². The van der Waals surface area contributed by atoms with Gasteiger partial charge in [0, 0.05) is 43.0 Å². The van der Waals surface area contributed by atoms with Crippen LogP contribution in [0.5, 0.6) is 0 Å². The van der Waals surface area contributed by atoms with Crippen LogP contribution in [0.3, 0.4) is 0 Å². The monoisotopic (exact) mass is 296 g/mol. The Morgan fingerprint density at radius 3 is 2.71 bits per heavy atom. The molecule has 0 saturated carbocycles. The average molecular weight is 297 g/mol. The fourth-order valence-corrected chi connectivity index (χ4v) is 2.92. The molecule has 3 heterocycles. The summed E-state index contributed by atoms with van der Waals surface area (Å²) in [5.74, 6) is 1.24. The molecule has 0 atom stereocenters. The first-order valence-corrected chi connectivity index (χ1v) is 7.25. The lowest BCUT2D eigenvalue weighted by Crippen LogP contribution is -2.45. The fraction of sp³-hybridized carbons (Fsp3) is 0.188. The van der Waals surface area contributed by atoms with Gasteiger partial charge in [0.25, 0.3) is 0 Å². The molecule has 104 valence electrons.